The Morgan fingerprint density at radius 1 is 1.00 bits per heavy atom. The number of hydrogen-bond acceptors (Lipinski definition) is 6. The number of hydrogen-bond donors (Lipinski definition) is 2. The van der Waals surface area contributed by atoms with Crippen molar-refractivity contribution in [1.29, 1.82) is 0 Å². The number of nitrogens with zero attached hydrogens (tertiary/aromatic N) is 5. The second kappa shape index (κ2) is 15.4. The van der Waals surface area contributed by atoms with E-state index in [2.05, 4.69) is 40.3 Å². The Kier molecular flexibility index (Phi) is 10.8. The van der Waals surface area contributed by atoms with Crippen LogP contribution in [0, 0.1) is 12.8 Å². The van der Waals surface area contributed by atoms with Crippen LogP contribution in [-0.4, -0.2) is 112 Å². The topological polar surface area (TPSA) is 114 Å². The molecule has 1 unspecified atom stereocenters. The van der Waals surface area contributed by atoms with Crippen molar-refractivity contribution in [2.45, 2.75) is 77.9 Å². The number of aromatic nitrogens is 2. The Labute approximate surface area is 283 Å². The van der Waals surface area contributed by atoms with Gasteiger partial charge < -0.3 is 29.7 Å². The molecular formula is C37H51N7O4. The van der Waals surface area contributed by atoms with Gasteiger partial charge in [-0.3, -0.25) is 9.89 Å². The first kappa shape index (κ1) is 33.8. The third-order valence-corrected chi connectivity index (χ3v) is 10.7. The highest BCUT2D eigenvalue weighted by molar-refractivity contribution is 5.91. The number of fused-ring (bicyclic) bond motifs is 2. The number of rotatable bonds is 10. The zero-order valence-electron chi connectivity index (χ0n) is 28.7. The number of piperidine rings is 2. The Bertz CT molecular complexity index is 1570. The van der Waals surface area contributed by atoms with Crippen molar-refractivity contribution in [1.82, 2.24) is 29.8 Å². The lowest BCUT2D eigenvalue weighted by atomic mass is 9.92. The minimum atomic E-state index is -0.916. The summed E-state index contributed by atoms with van der Waals surface area (Å²) < 4.78 is 6.11. The minimum absolute atomic E-state index is 0.0356. The van der Waals surface area contributed by atoms with Crippen molar-refractivity contribution in [3.05, 3.63) is 59.3 Å². The van der Waals surface area contributed by atoms with Crippen molar-refractivity contribution in [2.24, 2.45) is 5.92 Å². The number of urea groups is 1. The molecule has 4 heterocycles. The van der Waals surface area contributed by atoms with Gasteiger partial charge in [-0.1, -0.05) is 38.1 Å². The van der Waals surface area contributed by atoms with Crippen LogP contribution in [0.2, 0.25) is 0 Å². The van der Waals surface area contributed by atoms with Crippen LogP contribution in [0.4, 0.5) is 15.3 Å². The highest BCUT2D eigenvalue weighted by Gasteiger charge is 2.35. The molecule has 3 aliphatic heterocycles. The minimum Gasteiger partial charge on any atom is -0.436 e. The molecule has 11 heteroatoms. The highest BCUT2D eigenvalue weighted by atomic mass is 16.6. The summed E-state index contributed by atoms with van der Waals surface area (Å²) in [6.07, 6.45) is 5.91. The van der Waals surface area contributed by atoms with E-state index in [-0.39, 0.29) is 18.0 Å². The molecule has 6 rings (SSSR count). The second-order valence-corrected chi connectivity index (χ2v) is 13.7. The third kappa shape index (κ3) is 7.77. The Morgan fingerprint density at radius 2 is 1.73 bits per heavy atom. The zero-order chi connectivity index (χ0) is 33.6. The van der Waals surface area contributed by atoms with Crippen LogP contribution < -0.4 is 5.32 Å². The number of carbonyl (C=O) groups excluding carboxylic acids is 3. The van der Waals surface area contributed by atoms with Crippen molar-refractivity contribution in [2.75, 3.05) is 57.7 Å². The smallest absolute Gasteiger partial charge is 0.410 e. The summed E-state index contributed by atoms with van der Waals surface area (Å²) in [4.78, 5) is 48.8. The summed E-state index contributed by atoms with van der Waals surface area (Å²) in [6.45, 7) is 12.6. The summed E-state index contributed by atoms with van der Waals surface area (Å²) in [7, 11) is 0. The lowest BCUT2D eigenvalue weighted by Gasteiger charge is -2.38. The van der Waals surface area contributed by atoms with E-state index < -0.39 is 12.2 Å². The molecular weight excluding hydrogens is 606 g/mol. The molecule has 4 amide bonds. The number of likely N-dealkylation sites (tertiary alicyclic amines) is 2. The van der Waals surface area contributed by atoms with Gasteiger partial charge in [-0.2, -0.15) is 5.10 Å². The molecule has 3 aliphatic rings. The SMILES string of the molecule is CCN(CC)CCC1CCN(C(=O)C(Cc2cc(C)c3[nH]ncc3c2)OC(=O)N2CCC(N3CCc4ccccc4NC3=O)CC2)CC1. The monoisotopic (exact) mass is 657 g/mol. The number of benzene rings is 2. The average Bonchev–Trinajstić information content (AvgIpc) is 3.52. The van der Waals surface area contributed by atoms with E-state index in [1.807, 2.05) is 47.1 Å². The van der Waals surface area contributed by atoms with Gasteiger partial charge in [0.15, 0.2) is 6.10 Å². The summed E-state index contributed by atoms with van der Waals surface area (Å²) in [5.41, 5.74) is 4.95. The van der Waals surface area contributed by atoms with E-state index in [9.17, 15) is 14.4 Å². The van der Waals surface area contributed by atoms with Crippen LogP contribution in [0.1, 0.15) is 62.6 Å². The maximum atomic E-state index is 14.1. The van der Waals surface area contributed by atoms with Crippen LogP contribution in [-0.2, 0) is 22.4 Å². The number of aromatic amines is 1. The number of nitrogens with one attached hydrogen (secondary N) is 2. The maximum Gasteiger partial charge on any atom is 0.410 e. The Balaban J connectivity index is 1.09. The van der Waals surface area contributed by atoms with Gasteiger partial charge in [0.1, 0.15) is 0 Å². The van der Waals surface area contributed by atoms with E-state index in [0.29, 0.717) is 57.9 Å². The summed E-state index contributed by atoms with van der Waals surface area (Å²) in [5, 5.41) is 11.2. The first-order valence-corrected chi connectivity index (χ1v) is 17.9. The third-order valence-electron chi connectivity index (χ3n) is 10.7. The molecule has 3 aromatic rings. The number of H-pyrrole nitrogens is 1. The number of aryl methyl sites for hydroxylation is 1. The maximum absolute atomic E-state index is 14.1. The van der Waals surface area contributed by atoms with E-state index in [1.54, 1.807) is 11.1 Å². The van der Waals surface area contributed by atoms with E-state index in [0.717, 1.165) is 78.6 Å². The van der Waals surface area contributed by atoms with Crippen LogP contribution in [0.25, 0.3) is 10.9 Å². The second-order valence-electron chi connectivity index (χ2n) is 13.7. The number of ether oxygens (including phenoxy) is 1. The standard InChI is InChI=1S/C37H51N7O4/c1-4-41(5-2)16-10-27-11-17-42(18-12-27)35(45)33(24-28-22-26(3)34-30(23-28)25-38-40-34)48-37(47)43-19-14-31(15-20-43)44-21-13-29-8-6-7-9-32(29)39-36(44)46/h6-9,22-23,25,27,31,33H,4-5,10-21,24H2,1-3H3,(H,38,40)(H,39,46). The van der Waals surface area contributed by atoms with Gasteiger partial charge in [0.05, 0.1) is 11.7 Å². The summed E-state index contributed by atoms with van der Waals surface area (Å²) >= 11 is 0. The molecule has 0 aliphatic carbocycles. The van der Waals surface area contributed by atoms with Crippen LogP contribution in [0.15, 0.2) is 42.6 Å². The molecule has 0 bridgehead atoms. The molecule has 11 nitrogen and oxygen atoms in total. The molecule has 2 saturated heterocycles. The van der Waals surface area contributed by atoms with E-state index in [4.69, 9.17) is 4.74 Å². The van der Waals surface area contributed by atoms with Gasteiger partial charge in [0, 0.05) is 56.3 Å². The fraction of sp³-hybridized carbons (Fsp3) is 0.568. The molecule has 1 aromatic heterocycles. The van der Waals surface area contributed by atoms with Crippen LogP contribution >= 0.6 is 0 Å². The fourth-order valence-corrected chi connectivity index (χ4v) is 7.67. The summed E-state index contributed by atoms with van der Waals surface area (Å²) in [5.74, 6) is 0.481. The van der Waals surface area contributed by atoms with Gasteiger partial charge in [-0.25, -0.2) is 9.59 Å². The Morgan fingerprint density at radius 3 is 2.48 bits per heavy atom. The van der Waals surface area contributed by atoms with Gasteiger partial charge in [0.2, 0.25) is 0 Å². The molecule has 2 N–H and O–H groups in total. The number of amides is 4. The zero-order valence-corrected chi connectivity index (χ0v) is 28.7. The van der Waals surface area contributed by atoms with Crippen molar-refractivity contribution in [3.8, 4) is 0 Å². The van der Waals surface area contributed by atoms with Crippen molar-refractivity contribution < 1.29 is 19.1 Å². The molecule has 1 atom stereocenters. The predicted molar refractivity (Wildman–Crippen MR) is 187 cm³/mol. The highest BCUT2D eigenvalue weighted by Crippen LogP contribution is 2.27. The van der Waals surface area contributed by atoms with E-state index in [1.165, 1.54) is 0 Å². The summed E-state index contributed by atoms with van der Waals surface area (Å²) in [6, 6.07) is 11.9. The largest absolute Gasteiger partial charge is 0.436 e. The molecule has 48 heavy (non-hydrogen) atoms. The number of para-hydroxylation sites is 1. The fourth-order valence-electron chi connectivity index (χ4n) is 7.67. The van der Waals surface area contributed by atoms with Gasteiger partial charge in [-0.05, 0) is 99.8 Å². The predicted octanol–water partition coefficient (Wildman–Crippen LogP) is 5.44. The number of anilines is 1. The normalized spacial score (nSPS) is 18.5. The lowest BCUT2D eigenvalue weighted by Crippen LogP contribution is -2.51. The molecule has 0 saturated carbocycles. The van der Waals surface area contributed by atoms with Crippen LogP contribution in [0.3, 0.4) is 0 Å². The average molecular weight is 658 g/mol. The van der Waals surface area contributed by atoms with Crippen molar-refractivity contribution >= 4 is 34.6 Å². The lowest BCUT2D eigenvalue weighted by molar-refractivity contribution is -0.142. The van der Waals surface area contributed by atoms with Crippen LogP contribution in [0.5, 0.6) is 0 Å². The molecule has 2 fully saturated rings. The first-order chi connectivity index (χ1) is 23.3. The molecule has 0 spiro atoms. The van der Waals surface area contributed by atoms with Gasteiger partial charge in [0.25, 0.3) is 5.91 Å². The number of carbonyl (C=O) groups is 3. The van der Waals surface area contributed by atoms with Crippen molar-refractivity contribution in [3.63, 3.8) is 0 Å². The van der Waals surface area contributed by atoms with Gasteiger partial charge >= 0.3 is 12.1 Å². The molecule has 258 valence electrons. The Hall–Kier alpha value is -4.12. The first-order valence-electron chi connectivity index (χ1n) is 17.9. The van der Waals surface area contributed by atoms with Gasteiger partial charge in [-0.15, -0.1) is 0 Å². The molecule has 0 radical (unpaired) electrons. The quantitative estimate of drug-likeness (QED) is 0.300. The molecule has 2 aromatic carbocycles. The van der Waals surface area contributed by atoms with E-state index >= 15 is 0 Å².